The normalized spacial score (nSPS) is 19.6. The molecule has 1 aromatic rings. The van der Waals surface area contributed by atoms with Gasteiger partial charge in [0.25, 0.3) is 0 Å². The van der Waals surface area contributed by atoms with Crippen molar-refractivity contribution in [1.29, 1.82) is 0 Å². The van der Waals surface area contributed by atoms with Gasteiger partial charge in [-0.2, -0.15) is 0 Å². The lowest BCUT2D eigenvalue weighted by atomic mass is 10.1. The smallest absolute Gasteiger partial charge is 0.208 e. The lowest BCUT2D eigenvalue weighted by molar-refractivity contribution is 0.145. The number of aliphatic imine (C=N–C) groups is 1. The fraction of sp³-hybridized carbons (Fsp3) is 0.667. The van der Waals surface area contributed by atoms with Crippen LogP contribution >= 0.6 is 0 Å². The highest BCUT2D eigenvalue weighted by Gasteiger charge is 2.29. The van der Waals surface area contributed by atoms with Crippen molar-refractivity contribution in [3.8, 4) is 5.75 Å². The molecule has 0 radical (unpaired) electrons. The molecule has 9 heteroatoms. The van der Waals surface area contributed by atoms with E-state index in [2.05, 4.69) is 15.4 Å². The van der Waals surface area contributed by atoms with E-state index >= 15 is 0 Å². The van der Waals surface area contributed by atoms with E-state index in [1.165, 1.54) is 6.26 Å². The van der Waals surface area contributed by atoms with Crippen LogP contribution in [0.5, 0.6) is 5.75 Å². The molecule has 1 aromatic carbocycles. The van der Waals surface area contributed by atoms with Crippen LogP contribution in [0.2, 0.25) is 0 Å². The zero-order valence-corrected chi connectivity index (χ0v) is 19.1. The second-order valence-electron chi connectivity index (χ2n) is 7.56. The Morgan fingerprint density at radius 2 is 1.97 bits per heavy atom. The summed E-state index contributed by atoms with van der Waals surface area (Å²) < 4.78 is 36.6. The Bertz CT molecular complexity index is 753. The summed E-state index contributed by atoms with van der Waals surface area (Å²) in [4.78, 5) is 4.70. The zero-order valence-electron chi connectivity index (χ0n) is 18.3. The molecule has 0 aliphatic heterocycles. The monoisotopic (exact) mass is 440 g/mol. The Labute approximate surface area is 180 Å². The maximum Gasteiger partial charge on any atom is 0.208 e. The van der Waals surface area contributed by atoms with Crippen LogP contribution in [-0.2, 0) is 21.3 Å². The van der Waals surface area contributed by atoms with Gasteiger partial charge in [-0.25, -0.2) is 18.1 Å². The average molecular weight is 441 g/mol. The van der Waals surface area contributed by atoms with Gasteiger partial charge in [-0.05, 0) is 49.8 Å². The van der Waals surface area contributed by atoms with E-state index < -0.39 is 10.0 Å². The highest BCUT2D eigenvalue weighted by molar-refractivity contribution is 7.88. The Morgan fingerprint density at radius 1 is 1.20 bits per heavy atom. The Morgan fingerprint density at radius 3 is 2.63 bits per heavy atom. The number of benzene rings is 1. The standard InChI is InChI=1S/C21H36N4O4S/c1-4-29-14-6-13-22-21(23-15-17-9-11-19(28-2)12-10-17)24-16-18-7-5-8-20(18)25-30(3,26)27/h9-12,18,20,25H,4-8,13-16H2,1-3H3,(H2,22,23,24). The van der Waals surface area contributed by atoms with Crippen LogP contribution in [0.4, 0.5) is 0 Å². The van der Waals surface area contributed by atoms with E-state index in [4.69, 9.17) is 14.5 Å². The van der Waals surface area contributed by atoms with E-state index in [1.807, 2.05) is 31.2 Å². The van der Waals surface area contributed by atoms with Gasteiger partial charge in [-0.1, -0.05) is 18.6 Å². The fourth-order valence-electron chi connectivity index (χ4n) is 3.54. The summed E-state index contributed by atoms with van der Waals surface area (Å²) in [7, 11) is -1.55. The lowest BCUT2D eigenvalue weighted by Gasteiger charge is -2.22. The molecule has 8 nitrogen and oxygen atoms in total. The van der Waals surface area contributed by atoms with E-state index in [-0.39, 0.29) is 12.0 Å². The van der Waals surface area contributed by atoms with Crippen molar-refractivity contribution in [2.45, 2.75) is 45.2 Å². The second kappa shape index (κ2) is 12.8. The topological polar surface area (TPSA) is 101 Å². The molecule has 0 saturated heterocycles. The second-order valence-corrected chi connectivity index (χ2v) is 9.34. The summed E-state index contributed by atoms with van der Waals surface area (Å²) >= 11 is 0. The molecule has 0 bridgehead atoms. The minimum Gasteiger partial charge on any atom is -0.497 e. The molecule has 1 aliphatic carbocycles. The molecule has 0 amide bonds. The fourth-order valence-corrected chi connectivity index (χ4v) is 4.40. The molecule has 30 heavy (non-hydrogen) atoms. The van der Waals surface area contributed by atoms with Gasteiger partial charge in [-0.15, -0.1) is 0 Å². The third-order valence-corrected chi connectivity index (χ3v) is 5.83. The van der Waals surface area contributed by atoms with Crippen LogP contribution in [0, 0.1) is 5.92 Å². The molecule has 3 N–H and O–H groups in total. The van der Waals surface area contributed by atoms with Crippen LogP contribution in [0.3, 0.4) is 0 Å². The van der Waals surface area contributed by atoms with Gasteiger partial charge < -0.3 is 20.1 Å². The van der Waals surface area contributed by atoms with Crippen LogP contribution in [-0.4, -0.2) is 60.1 Å². The van der Waals surface area contributed by atoms with Crippen molar-refractivity contribution < 1.29 is 17.9 Å². The first kappa shape index (κ1) is 24.4. The molecule has 0 heterocycles. The molecule has 0 spiro atoms. The molecule has 0 aromatic heterocycles. The van der Waals surface area contributed by atoms with Crippen LogP contribution < -0.4 is 20.1 Å². The summed E-state index contributed by atoms with van der Waals surface area (Å²) in [5.41, 5.74) is 1.09. The highest BCUT2D eigenvalue weighted by atomic mass is 32.2. The minimum atomic E-state index is -3.20. The van der Waals surface area contributed by atoms with Crippen LogP contribution in [0.25, 0.3) is 0 Å². The number of methoxy groups -OCH3 is 1. The van der Waals surface area contributed by atoms with Crippen LogP contribution in [0.15, 0.2) is 29.3 Å². The number of nitrogens with one attached hydrogen (secondary N) is 3. The first-order valence-electron chi connectivity index (χ1n) is 10.6. The SMILES string of the molecule is CCOCCCNC(=NCc1ccc(OC)cc1)NCC1CCCC1NS(C)(=O)=O. The van der Waals surface area contributed by atoms with Crippen LogP contribution in [0.1, 0.15) is 38.2 Å². The van der Waals surface area contributed by atoms with Crippen molar-refractivity contribution >= 4 is 16.0 Å². The van der Waals surface area contributed by atoms with E-state index in [9.17, 15) is 8.42 Å². The van der Waals surface area contributed by atoms with Crippen molar-refractivity contribution in [3.05, 3.63) is 29.8 Å². The van der Waals surface area contributed by atoms with Gasteiger partial charge in [0.2, 0.25) is 10.0 Å². The predicted molar refractivity (Wildman–Crippen MR) is 120 cm³/mol. The number of hydrogen-bond acceptors (Lipinski definition) is 5. The Balaban J connectivity index is 1.93. The molecule has 1 aliphatic rings. The zero-order chi connectivity index (χ0) is 21.8. The quantitative estimate of drug-likeness (QED) is 0.261. The number of nitrogens with zero attached hydrogens (tertiary/aromatic N) is 1. The Kier molecular flexibility index (Phi) is 10.4. The maximum absolute atomic E-state index is 11.6. The van der Waals surface area contributed by atoms with Gasteiger partial charge in [0.05, 0.1) is 19.9 Å². The molecule has 170 valence electrons. The first-order chi connectivity index (χ1) is 14.4. The van der Waals surface area contributed by atoms with E-state index in [0.29, 0.717) is 26.3 Å². The summed E-state index contributed by atoms with van der Waals surface area (Å²) in [5, 5.41) is 6.75. The summed E-state index contributed by atoms with van der Waals surface area (Å²) in [6.07, 6.45) is 5.01. The van der Waals surface area contributed by atoms with Crippen molar-refractivity contribution in [3.63, 3.8) is 0 Å². The number of guanidine groups is 1. The molecule has 2 atom stereocenters. The molecule has 2 rings (SSSR count). The maximum atomic E-state index is 11.6. The summed E-state index contributed by atoms with van der Waals surface area (Å²) in [5.74, 6) is 1.80. The molecule has 1 saturated carbocycles. The van der Waals surface area contributed by atoms with E-state index in [1.54, 1.807) is 7.11 Å². The van der Waals surface area contributed by atoms with Gasteiger partial charge in [-0.3, -0.25) is 0 Å². The summed E-state index contributed by atoms with van der Waals surface area (Å²) in [6.45, 7) is 5.38. The molecule has 2 unspecified atom stereocenters. The predicted octanol–water partition coefficient (Wildman–Crippen LogP) is 1.87. The third-order valence-electron chi connectivity index (χ3n) is 5.10. The van der Waals surface area contributed by atoms with Crippen molar-refractivity contribution in [2.24, 2.45) is 10.9 Å². The number of rotatable bonds is 12. The summed E-state index contributed by atoms with van der Waals surface area (Å²) in [6, 6.07) is 7.82. The Hall–Kier alpha value is -1.84. The van der Waals surface area contributed by atoms with Crippen molar-refractivity contribution in [2.75, 3.05) is 39.7 Å². The lowest BCUT2D eigenvalue weighted by Crippen LogP contribution is -2.45. The molecular weight excluding hydrogens is 404 g/mol. The largest absolute Gasteiger partial charge is 0.497 e. The van der Waals surface area contributed by atoms with Gasteiger partial charge in [0.1, 0.15) is 5.75 Å². The third kappa shape index (κ3) is 9.32. The number of sulfonamides is 1. The number of ether oxygens (including phenoxy) is 2. The molecular formula is C21H36N4O4S. The highest BCUT2D eigenvalue weighted by Crippen LogP contribution is 2.25. The van der Waals surface area contributed by atoms with Crippen molar-refractivity contribution in [1.82, 2.24) is 15.4 Å². The first-order valence-corrected chi connectivity index (χ1v) is 12.5. The van der Waals surface area contributed by atoms with Gasteiger partial charge in [0, 0.05) is 32.3 Å². The average Bonchev–Trinajstić information content (AvgIpc) is 3.14. The van der Waals surface area contributed by atoms with Gasteiger partial charge >= 0.3 is 0 Å². The molecule has 1 fully saturated rings. The minimum absolute atomic E-state index is 0.0201. The van der Waals surface area contributed by atoms with Gasteiger partial charge in [0.15, 0.2) is 5.96 Å². The number of hydrogen-bond donors (Lipinski definition) is 3. The van der Waals surface area contributed by atoms with E-state index in [0.717, 1.165) is 49.5 Å².